The minimum absolute atomic E-state index is 0. The number of carbonyl (C=O) groups is 1. The normalized spacial score (nSPS) is 10.6. The Morgan fingerprint density at radius 2 is 2.17 bits per heavy atom. The summed E-state index contributed by atoms with van der Waals surface area (Å²) in [4.78, 5) is 10.5. The van der Waals surface area contributed by atoms with Crippen LogP contribution in [0.5, 0.6) is 0 Å². The van der Waals surface area contributed by atoms with Crippen molar-refractivity contribution in [1.82, 2.24) is 5.48 Å². The highest BCUT2D eigenvalue weighted by molar-refractivity contribution is 7.98. The van der Waals surface area contributed by atoms with Crippen molar-refractivity contribution in [2.75, 3.05) is 12.0 Å². The Kier molecular flexibility index (Phi) is 17.1. The first kappa shape index (κ1) is 18.2. The summed E-state index contributed by atoms with van der Waals surface area (Å²) < 4.78 is 0. The molecular formula is C5H14Cl2N2O2S. The molecule has 4 N–H and O–H groups in total. The highest BCUT2D eigenvalue weighted by atomic mass is 35.5. The van der Waals surface area contributed by atoms with E-state index in [9.17, 15) is 4.79 Å². The minimum Gasteiger partial charge on any atom is -0.320 e. The van der Waals surface area contributed by atoms with Crippen LogP contribution in [0.4, 0.5) is 0 Å². The Bertz CT molecular complexity index is 118. The highest BCUT2D eigenvalue weighted by Gasteiger charge is 2.10. The molecule has 0 aliphatic rings. The van der Waals surface area contributed by atoms with Gasteiger partial charge in [0.15, 0.2) is 0 Å². The van der Waals surface area contributed by atoms with Gasteiger partial charge in [0.25, 0.3) is 5.91 Å². The van der Waals surface area contributed by atoms with Crippen LogP contribution in [0.1, 0.15) is 6.42 Å². The zero-order valence-electron chi connectivity index (χ0n) is 6.65. The van der Waals surface area contributed by atoms with E-state index in [1.165, 1.54) is 5.48 Å². The van der Waals surface area contributed by atoms with Crippen LogP contribution in [0.15, 0.2) is 0 Å². The van der Waals surface area contributed by atoms with Gasteiger partial charge in [-0.15, -0.1) is 24.8 Å². The maximum absolute atomic E-state index is 10.5. The van der Waals surface area contributed by atoms with Gasteiger partial charge >= 0.3 is 0 Å². The third kappa shape index (κ3) is 8.42. The highest BCUT2D eigenvalue weighted by Crippen LogP contribution is 1.97. The molecule has 0 aromatic heterocycles. The van der Waals surface area contributed by atoms with Gasteiger partial charge in [0.1, 0.15) is 0 Å². The second-order valence-corrected chi connectivity index (χ2v) is 2.85. The lowest BCUT2D eigenvalue weighted by molar-refractivity contribution is -0.130. The average molecular weight is 237 g/mol. The third-order valence-electron chi connectivity index (χ3n) is 1.08. The van der Waals surface area contributed by atoms with Crippen LogP contribution in [0, 0.1) is 0 Å². The number of amides is 1. The Morgan fingerprint density at radius 1 is 1.67 bits per heavy atom. The minimum atomic E-state index is -0.586. The lowest BCUT2D eigenvalue weighted by atomic mass is 10.2. The lowest BCUT2D eigenvalue weighted by Crippen LogP contribution is -2.39. The van der Waals surface area contributed by atoms with E-state index >= 15 is 0 Å². The molecule has 0 aromatic carbocycles. The Morgan fingerprint density at radius 3 is 2.50 bits per heavy atom. The van der Waals surface area contributed by atoms with E-state index in [0.29, 0.717) is 6.42 Å². The summed E-state index contributed by atoms with van der Waals surface area (Å²) in [7, 11) is 0. The summed E-state index contributed by atoms with van der Waals surface area (Å²) in [6, 6.07) is -0.586. The van der Waals surface area contributed by atoms with Crippen molar-refractivity contribution in [3.63, 3.8) is 0 Å². The summed E-state index contributed by atoms with van der Waals surface area (Å²) in [6.07, 6.45) is 2.52. The van der Waals surface area contributed by atoms with Gasteiger partial charge < -0.3 is 5.73 Å². The zero-order chi connectivity index (χ0) is 7.98. The van der Waals surface area contributed by atoms with E-state index in [2.05, 4.69) is 0 Å². The van der Waals surface area contributed by atoms with Crippen molar-refractivity contribution in [1.29, 1.82) is 0 Å². The van der Waals surface area contributed by atoms with E-state index < -0.39 is 11.9 Å². The molecular weight excluding hydrogens is 223 g/mol. The summed E-state index contributed by atoms with van der Waals surface area (Å²) in [6.45, 7) is 0. The number of halogens is 2. The Hall–Kier alpha value is 0.320. The monoisotopic (exact) mass is 236 g/mol. The molecule has 0 saturated carbocycles. The van der Waals surface area contributed by atoms with Crippen molar-refractivity contribution in [3.05, 3.63) is 0 Å². The first-order chi connectivity index (χ1) is 4.72. The van der Waals surface area contributed by atoms with Crippen LogP contribution in [0.2, 0.25) is 0 Å². The SMILES string of the molecule is CSCC[C@H](N)C(=O)NO.Cl.Cl. The summed E-state index contributed by atoms with van der Waals surface area (Å²) in [5, 5.41) is 8.12. The molecule has 0 saturated heterocycles. The molecule has 7 heteroatoms. The fraction of sp³-hybridized carbons (Fsp3) is 0.800. The summed E-state index contributed by atoms with van der Waals surface area (Å²) in [5.74, 6) is 0.309. The standard InChI is InChI=1S/C5H12N2O2S.2ClH/c1-10-3-2-4(6)5(8)7-9;;/h4,9H,2-3,6H2,1H3,(H,7,8);2*1H/t4-;;/m0../s1. The maximum atomic E-state index is 10.5. The summed E-state index contributed by atoms with van der Waals surface area (Å²) >= 11 is 1.62. The predicted octanol–water partition coefficient (Wildman–Crippen LogP) is 0.416. The van der Waals surface area contributed by atoms with Crippen molar-refractivity contribution in [2.45, 2.75) is 12.5 Å². The molecule has 1 atom stereocenters. The van der Waals surface area contributed by atoms with Crippen LogP contribution in [-0.4, -0.2) is 29.2 Å². The first-order valence-corrected chi connectivity index (χ1v) is 4.30. The first-order valence-electron chi connectivity index (χ1n) is 2.90. The maximum Gasteiger partial charge on any atom is 0.260 e. The molecule has 1 amide bonds. The lowest BCUT2D eigenvalue weighted by Gasteiger charge is -2.06. The van der Waals surface area contributed by atoms with E-state index in [1.54, 1.807) is 11.8 Å². The molecule has 0 heterocycles. The molecule has 0 fully saturated rings. The van der Waals surface area contributed by atoms with Gasteiger partial charge in [0.05, 0.1) is 6.04 Å². The fourth-order valence-corrected chi connectivity index (χ4v) is 0.948. The molecule has 0 aliphatic carbocycles. The van der Waals surface area contributed by atoms with Crippen LogP contribution >= 0.6 is 36.6 Å². The average Bonchev–Trinajstić information content (AvgIpc) is 1.98. The van der Waals surface area contributed by atoms with Crippen molar-refractivity contribution >= 4 is 42.5 Å². The Labute approximate surface area is 88.4 Å². The van der Waals surface area contributed by atoms with E-state index in [0.717, 1.165) is 5.75 Å². The zero-order valence-corrected chi connectivity index (χ0v) is 9.10. The Balaban J connectivity index is -0.000000405. The van der Waals surface area contributed by atoms with Gasteiger partial charge in [-0.1, -0.05) is 0 Å². The second-order valence-electron chi connectivity index (χ2n) is 1.86. The van der Waals surface area contributed by atoms with Crippen LogP contribution in [0.25, 0.3) is 0 Å². The molecule has 0 radical (unpaired) electrons. The van der Waals surface area contributed by atoms with Gasteiger partial charge in [-0.3, -0.25) is 10.0 Å². The predicted molar refractivity (Wildman–Crippen MR) is 55.4 cm³/mol. The van der Waals surface area contributed by atoms with E-state index in [1.807, 2.05) is 6.26 Å². The van der Waals surface area contributed by atoms with Crippen LogP contribution in [-0.2, 0) is 4.79 Å². The number of thioether (sulfide) groups is 1. The van der Waals surface area contributed by atoms with Crippen LogP contribution in [0.3, 0.4) is 0 Å². The molecule has 0 aromatic rings. The molecule has 4 nitrogen and oxygen atoms in total. The topological polar surface area (TPSA) is 75.4 Å². The quantitative estimate of drug-likeness (QED) is 0.489. The molecule has 0 unspecified atom stereocenters. The molecule has 0 aliphatic heterocycles. The van der Waals surface area contributed by atoms with E-state index in [4.69, 9.17) is 10.9 Å². The number of nitrogens with one attached hydrogen (secondary N) is 1. The van der Waals surface area contributed by atoms with Gasteiger partial charge in [-0.25, -0.2) is 5.48 Å². The molecule has 12 heavy (non-hydrogen) atoms. The second kappa shape index (κ2) is 11.3. The van der Waals surface area contributed by atoms with Crippen molar-refractivity contribution in [3.8, 4) is 0 Å². The smallest absolute Gasteiger partial charge is 0.260 e. The molecule has 76 valence electrons. The fourth-order valence-electron chi connectivity index (χ4n) is 0.459. The van der Waals surface area contributed by atoms with Gasteiger partial charge in [-0.2, -0.15) is 11.8 Å². The molecule has 0 spiro atoms. The number of nitrogens with two attached hydrogens (primary N) is 1. The van der Waals surface area contributed by atoms with Gasteiger partial charge in [-0.05, 0) is 18.4 Å². The van der Waals surface area contributed by atoms with Crippen molar-refractivity contribution in [2.24, 2.45) is 5.73 Å². The number of hydroxylamine groups is 1. The van der Waals surface area contributed by atoms with Crippen molar-refractivity contribution < 1.29 is 10.0 Å². The molecule has 0 rings (SSSR count). The number of hydrogen-bond donors (Lipinski definition) is 3. The largest absolute Gasteiger partial charge is 0.320 e. The van der Waals surface area contributed by atoms with E-state index in [-0.39, 0.29) is 24.8 Å². The summed E-state index contributed by atoms with van der Waals surface area (Å²) in [5.41, 5.74) is 6.83. The molecule has 0 bridgehead atoms. The van der Waals surface area contributed by atoms with Gasteiger partial charge in [0.2, 0.25) is 0 Å². The third-order valence-corrected chi connectivity index (χ3v) is 1.72. The van der Waals surface area contributed by atoms with Crippen LogP contribution < -0.4 is 11.2 Å². The van der Waals surface area contributed by atoms with Gasteiger partial charge in [0, 0.05) is 0 Å². The number of carbonyl (C=O) groups excluding carboxylic acids is 1. The number of rotatable bonds is 4. The number of hydrogen-bond acceptors (Lipinski definition) is 4.